The summed E-state index contributed by atoms with van der Waals surface area (Å²) < 4.78 is 0. The zero-order valence-electron chi connectivity index (χ0n) is 10.3. The maximum Gasteiger partial charge on any atom is 0.191 e. The molecule has 1 heterocycles. The van der Waals surface area contributed by atoms with Crippen LogP contribution in [0.4, 0.5) is 0 Å². The van der Waals surface area contributed by atoms with Gasteiger partial charge in [-0.05, 0) is 37.0 Å². The molecular formula is C13H19ClIN3. The van der Waals surface area contributed by atoms with Crippen molar-refractivity contribution in [2.75, 3.05) is 19.6 Å². The van der Waals surface area contributed by atoms with Gasteiger partial charge in [-0.3, -0.25) is 4.99 Å². The Morgan fingerprint density at radius 1 is 1.28 bits per heavy atom. The number of nitrogens with one attached hydrogen (secondary N) is 2. The second-order valence-corrected chi connectivity index (χ2v) is 4.60. The van der Waals surface area contributed by atoms with Crippen LogP contribution in [0.25, 0.3) is 0 Å². The van der Waals surface area contributed by atoms with E-state index < -0.39 is 0 Å². The van der Waals surface area contributed by atoms with E-state index in [0.29, 0.717) is 0 Å². The van der Waals surface area contributed by atoms with Gasteiger partial charge in [-0.15, -0.1) is 24.0 Å². The summed E-state index contributed by atoms with van der Waals surface area (Å²) >= 11 is 5.84. The zero-order chi connectivity index (χ0) is 11.9. The van der Waals surface area contributed by atoms with Gasteiger partial charge in [0.15, 0.2) is 5.96 Å². The topological polar surface area (TPSA) is 36.4 Å². The van der Waals surface area contributed by atoms with Gasteiger partial charge >= 0.3 is 0 Å². The summed E-state index contributed by atoms with van der Waals surface area (Å²) in [6.45, 7) is 2.92. The highest BCUT2D eigenvalue weighted by Crippen LogP contribution is 2.10. The van der Waals surface area contributed by atoms with Crippen LogP contribution in [-0.4, -0.2) is 25.6 Å². The van der Waals surface area contributed by atoms with Crippen molar-refractivity contribution in [3.63, 3.8) is 0 Å². The molecule has 0 atom stereocenters. The van der Waals surface area contributed by atoms with E-state index >= 15 is 0 Å². The number of guanidine groups is 1. The fourth-order valence-electron chi connectivity index (χ4n) is 1.80. The molecule has 0 saturated carbocycles. The Hall–Kier alpha value is -0.490. The molecule has 0 unspecified atom stereocenters. The van der Waals surface area contributed by atoms with Gasteiger partial charge in [0.1, 0.15) is 0 Å². The van der Waals surface area contributed by atoms with Crippen LogP contribution >= 0.6 is 35.6 Å². The fourth-order valence-corrected chi connectivity index (χ4v) is 1.93. The molecule has 5 heteroatoms. The van der Waals surface area contributed by atoms with Crippen molar-refractivity contribution in [3.05, 3.63) is 34.9 Å². The van der Waals surface area contributed by atoms with Gasteiger partial charge in [-0.1, -0.05) is 23.7 Å². The summed E-state index contributed by atoms with van der Waals surface area (Å²) in [5.41, 5.74) is 1.33. The number of aryl methyl sites for hydroxylation is 1. The molecule has 1 aliphatic heterocycles. The Kier molecular flexibility index (Phi) is 7.42. The van der Waals surface area contributed by atoms with Crippen molar-refractivity contribution >= 4 is 41.5 Å². The van der Waals surface area contributed by atoms with Crippen molar-refractivity contribution in [3.8, 4) is 0 Å². The first-order valence-electron chi connectivity index (χ1n) is 6.11. The summed E-state index contributed by atoms with van der Waals surface area (Å²) in [6.07, 6.45) is 3.30. The molecule has 0 aromatic heterocycles. The molecule has 18 heavy (non-hydrogen) atoms. The number of rotatable bonds is 4. The van der Waals surface area contributed by atoms with Crippen LogP contribution in [0, 0.1) is 0 Å². The predicted molar refractivity (Wildman–Crippen MR) is 88.1 cm³/mol. The number of nitrogens with zero attached hydrogens (tertiary/aromatic N) is 1. The molecule has 1 aromatic rings. The largest absolute Gasteiger partial charge is 0.356 e. The number of benzene rings is 1. The maximum absolute atomic E-state index is 5.84. The molecule has 2 rings (SSSR count). The summed E-state index contributed by atoms with van der Waals surface area (Å²) in [5.74, 6) is 0.951. The molecule has 0 bridgehead atoms. The molecule has 0 amide bonds. The van der Waals surface area contributed by atoms with Crippen LogP contribution in [0.3, 0.4) is 0 Å². The van der Waals surface area contributed by atoms with Gasteiger partial charge in [0.05, 0.1) is 0 Å². The van der Waals surface area contributed by atoms with Crippen LogP contribution in [-0.2, 0) is 6.42 Å². The Bertz CT molecular complexity index is 378. The van der Waals surface area contributed by atoms with Gasteiger partial charge in [0.2, 0.25) is 0 Å². The number of hydrogen-bond acceptors (Lipinski definition) is 3. The number of aliphatic imine (C=N–C) groups is 1. The van der Waals surface area contributed by atoms with E-state index in [4.69, 9.17) is 11.6 Å². The zero-order valence-corrected chi connectivity index (χ0v) is 13.4. The third kappa shape index (κ3) is 5.44. The third-order valence-corrected chi connectivity index (χ3v) is 3.00. The van der Waals surface area contributed by atoms with E-state index in [2.05, 4.69) is 27.8 Å². The molecule has 2 N–H and O–H groups in total. The van der Waals surface area contributed by atoms with E-state index in [9.17, 15) is 0 Å². The minimum atomic E-state index is 0. The van der Waals surface area contributed by atoms with Crippen molar-refractivity contribution < 1.29 is 0 Å². The molecular weight excluding hydrogens is 361 g/mol. The van der Waals surface area contributed by atoms with Gasteiger partial charge < -0.3 is 10.6 Å². The lowest BCUT2D eigenvalue weighted by molar-refractivity contribution is 0.686. The Morgan fingerprint density at radius 3 is 2.72 bits per heavy atom. The van der Waals surface area contributed by atoms with E-state index in [0.717, 1.165) is 49.9 Å². The SMILES string of the molecule is Clc1ccc(CCCNC2=NCCCN2)cc1.I. The lowest BCUT2D eigenvalue weighted by Gasteiger charge is -2.15. The number of halogens is 2. The van der Waals surface area contributed by atoms with Crippen molar-refractivity contribution in [2.24, 2.45) is 4.99 Å². The smallest absolute Gasteiger partial charge is 0.191 e. The van der Waals surface area contributed by atoms with Gasteiger partial charge in [-0.2, -0.15) is 0 Å². The summed E-state index contributed by atoms with van der Waals surface area (Å²) in [7, 11) is 0. The Morgan fingerprint density at radius 2 is 2.06 bits per heavy atom. The minimum Gasteiger partial charge on any atom is -0.356 e. The number of hydrogen-bond donors (Lipinski definition) is 2. The average molecular weight is 380 g/mol. The van der Waals surface area contributed by atoms with Crippen molar-refractivity contribution in [1.82, 2.24) is 10.6 Å². The fraction of sp³-hybridized carbons (Fsp3) is 0.462. The standard InChI is InChI=1S/C13H18ClN3.HI/c14-12-6-4-11(5-7-12)3-1-8-15-13-16-9-2-10-17-13;/h4-7H,1-3,8-10H2,(H2,15,16,17);1H. The average Bonchev–Trinajstić information content (AvgIpc) is 2.38. The van der Waals surface area contributed by atoms with Crippen LogP contribution in [0.1, 0.15) is 18.4 Å². The van der Waals surface area contributed by atoms with Crippen molar-refractivity contribution in [2.45, 2.75) is 19.3 Å². The predicted octanol–water partition coefficient (Wildman–Crippen LogP) is 2.83. The van der Waals surface area contributed by atoms with E-state index in [-0.39, 0.29) is 24.0 Å². The molecule has 0 fully saturated rings. The summed E-state index contributed by atoms with van der Waals surface area (Å²) in [5, 5.41) is 7.36. The first kappa shape index (κ1) is 15.6. The first-order valence-corrected chi connectivity index (χ1v) is 6.49. The van der Waals surface area contributed by atoms with E-state index in [1.54, 1.807) is 0 Å². The van der Waals surface area contributed by atoms with Gasteiger partial charge in [0.25, 0.3) is 0 Å². The summed E-state index contributed by atoms with van der Waals surface area (Å²) in [6, 6.07) is 8.05. The molecule has 1 aromatic carbocycles. The molecule has 0 radical (unpaired) electrons. The lowest BCUT2D eigenvalue weighted by Crippen LogP contribution is -2.41. The second-order valence-electron chi connectivity index (χ2n) is 4.17. The lowest BCUT2D eigenvalue weighted by atomic mass is 10.1. The molecule has 3 nitrogen and oxygen atoms in total. The summed E-state index contributed by atoms with van der Waals surface area (Å²) in [4.78, 5) is 4.36. The van der Waals surface area contributed by atoms with E-state index in [1.807, 2.05) is 12.1 Å². The third-order valence-electron chi connectivity index (χ3n) is 2.75. The molecule has 0 spiro atoms. The molecule has 100 valence electrons. The molecule has 1 aliphatic rings. The highest BCUT2D eigenvalue weighted by atomic mass is 127. The first-order chi connectivity index (χ1) is 8.34. The monoisotopic (exact) mass is 379 g/mol. The van der Waals surface area contributed by atoms with Gasteiger partial charge in [0, 0.05) is 24.7 Å². The second kappa shape index (κ2) is 8.58. The van der Waals surface area contributed by atoms with Crippen LogP contribution in [0.2, 0.25) is 5.02 Å². The molecule has 0 saturated heterocycles. The highest BCUT2D eigenvalue weighted by molar-refractivity contribution is 14.0. The van der Waals surface area contributed by atoms with Crippen LogP contribution < -0.4 is 10.6 Å². The highest BCUT2D eigenvalue weighted by Gasteiger charge is 2.02. The Labute approximate surface area is 130 Å². The maximum atomic E-state index is 5.84. The molecule has 0 aliphatic carbocycles. The Balaban J connectivity index is 0.00000162. The van der Waals surface area contributed by atoms with Crippen LogP contribution in [0.5, 0.6) is 0 Å². The van der Waals surface area contributed by atoms with E-state index in [1.165, 1.54) is 5.56 Å². The quantitative estimate of drug-likeness (QED) is 0.623. The van der Waals surface area contributed by atoms with Crippen molar-refractivity contribution in [1.29, 1.82) is 0 Å². The van der Waals surface area contributed by atoms with Gasteiger partial charge in [-0.25, -0.2) is 0 Å². The normalized spacial score (nSPS) is 14.2. The van der Waals surface area contributed by atoms with Crippen LogP contribution in [0.15, 0.2) is 29.3 Å². The minimum absolute atomic E-state index is 0.